The van der Waals surface area contributed by atoms with Gasteiger partial charge in [-0.15, -0.1) is 12.4 Å². The SMILES string of the molecule is Cl.OC1CNC(c2cccc(Br)c2)C1. The van der Waals surface area contributed by atoms with Gasteiger partial charge in [0.2, 0.25) is 0 Å². The molecular formula is C10H13BrClNO. The Bertz CT molecular complexity index is 308. The van der Waals surface area contributed by atoms with Gasteiger partial charge in [-0.3, -0.25) is 0 Å². The van der Waals surface area contributed by atoms with Crippen molar-refractivity contribution < 1.29 is 5.11 Å². The second kappa shape index (κ2) is 5.12. The second-order valence-corrected chi connectivity index (χ2v) is 4.32. The molecule has 4 heteroatoms. The number of halogens is 2. The van der Waals surface area contributed by atoms with Crippen molar-refractivity contribution in [2.45, 2.75) is 18.6 Å². The average Bonchev–Trinajstić information content (AvgIpc) is 2.52. The van der Waals surface area contributed by atoms with Gasteiger partial charge < -0.3 is 10.4 Å². The predicted molar refractivity (Wildman–Crippen MR) is 62.8 cm³/mol. The highest BCUT2D eigenvalue weighted by atomic mass is 79.9. The van der Waals surface area contributed by atoms with E-state index in [1.54, 1.807) is 0 Å². The molecule has 2 unspecified atom stereocenters. The van der Waals surface area contributed by atoms with Crippen LogP contribution in [-0.4, -0.2) is 17.8 Å². The van der Waals surface area contributed by atoms with Gasteiger partial charge in [0.1, 0.15) is 0 Å². The van der Waals surface area contributed by atoms with Crippen LogP contribution in [0.1, 0.15) is 18.0 Å². The van der Waals surface area contributed by atoms with Crippen LogP contribution in [0.5, 0.6) is 0 Å². The van der Waals surface area contributed by atoms with Crippen LogP contribution in [0.2, 0.25) is 0 Å². The molecule has 0 saturated carbocycles. The number of hydrogen-bond donors (Lipinski definition) is 2. The molecule has 14 heavy (non-hydrogen) atoms. The van der Waals surface area contributed by atoms with E-state index in [0.29, 0.717) is 12.6 Å². The van der Waals surface area contributed by atoms with Crippen molar-refractivity contribution in [2.24, 2.45) is 0 Å². The third-order valence-electron chi connectivity index (χ3n) is 2.36. The highest BCUT2D eigenvalue weighted by molar-refractivity contribution is 9.10. The molecule has 0 spiro atoms. The Morgan fingerprint density at radius 3 is 2.79 bits per heavy atom. The highest BCUT2D eigenvalue weighted by Gasteiger charge is 2.22. The molecule has 1 aliphatic heterocycles. The molecular weight excluding hydrogens is 265 g/mol. The van der Waals surface area contributed by atoms with Crippen molar-refractivity contribution in [3.63, 3.8) is 0 Å². The molecule has 1 heterocycles. The Morgan fingerprint density at radius 2 is 2.21 bits per heavy atom. The van der Waals surface area contributed by atoms with E-state index in [0.717, 1.165) is 10.9 Å². The van der Waals surface area contributed by atoms with Gasteiger partial charge in [-0.1, -0.05) is 28.1 Å². The average molecular weight is 279 g/mol. The minimum absolute atomic E-state index is 0. The summed E-state index contributed by atoms with van der Waals surface area (Å²) in [4.78, 5) is 0. The van der Waals surface area contributed by atoms with Crippen molar-refractivity contribution in [3.05, 3.63) is 34.3 Å². The van der Waals surface area contributed by atoms with Gasteiger partial charge in [-0.05, 0) is 24.1 Å². The molecule has 1 aromatic carbocycles. The van der Waals surface area contributed by atoms with E-state index in [9.17, 15) is 5.11 Å². The normalized spacial score (nSPS) is 25.9. The number of benzene rings is 1. The fourth-order valence-electron chi connectivity index (χ4n) is 1.69. The van der Waals surface area contributed by atoms with Crippen LogP contribution < -0.4 is 5.32 Å². The summed E-state index contributed by atoms with van der Waals surface area (Å²) in [6, 6.07) is 8.52. The smallest absolute Gasteiger partial charge is 0.0682 e. The first-order valence-electron chi connectivity index (χ1n) is 4.42. The third kappa shape index (κ3) is 2.70. The van der Waals surface area contributed by atoms with Gasteiger partial charge in [-0.2, -0.15) is 0 Å². The lowest BCUT2D eigenvalue weighted by molar-refractivity contribution is 0.193. The van der Waals surface area contributed by atoms with Crippen LogP contribution in [0, 0.1) is 0 Å². The molecule has 1 saturated heterocycles. The lowest BCUT2D eigenvalue weighted by Crippen LogP contribution is -2.14. The van der Waals surface area contributed by atoms with E-state index in [-0.39, 0.29) is 18.5 Å². The fraction of sp³-hybridized carbons (Fsp3) is 0.400. The van der Waals surface area contributed by atoms with E-state index in [1.807, 2.05) is 12.1 Å². The Balaban J connectivity index is 0.000000980. The number of rotatable bonds is 1. The second-order valence-electron chi connectivity index (χ2n) is 3.41. The Hall–Kier alpha value is -0.0900. The molecule has 0 radical (unpaired) electrons. The number of aliphatic hydroxyl groups excluding tert-OH is 1. The summed E-state index contributed by atoms with van der Waals surface area (Å²) in [5, 5.41) is 12.6. The summed E-state index contributed by atoms with van der Waals surface area (Å²) >= 11 is 3.43. The van der Waals surface area contributed by atoms with Crippen LogP contribution in [0.4, 0.5) is 0 Å². The largest absolute Gasteiger partial charge is 0.392 e. The molecule has 0 amide bonds. The summed E-state index contributed by atoms with van der Waals surface area (Å²) in [5.41, 5.74) is 1.24. The van der Waals surface area contributed by atoms with Crippen molar-refractivity contribution >= 4 is 28.3 Å². The molecule has 0 bridgehead atoms. The molecule has 2 N–H and O–H groups in total. The summed E-state index contributed by atoms with van der Waals surface area (Å²) in [6.45, 7) is 0.706. The minimum Gasteiger partial charge on any atom is -0.392 e. The van der Waals surface area contributed by atoms with E-state index in [1.165, 1.54) is 5.56 Å². The molecule has 1 fully saturated rings. The van der Waals surface area contributed by atoms with Gasteiger partial charge in [0.15, 0.2) is 0 Å². The third-order valence-corrected chi connectivity index (χ3v) is 2.85. The maximum Gasteiger partial charge on any atom is 0.0682 e. The molecule has 1 aromatic rings. The molecule has 2 rings (SSSR count). The zero-order chi connectivity index (χ0) is 9.26. The van der Waals surface area contributed by atoms with E-state index in [2.05, 4.69) is 33.4 Å². The number of aliphatic hydroxyl groups is 1. The van der Waals surface area contributed by atoms with Gasteiger partial charge in [0.05, 0.1) is 6.10 Å². The number of β-amino-alcohol motifs (C(OH)–C–C–N with tert-alkyl or cyclic N) is 1. The first kappa shape index (κ1) is 12.0. The van der Waals surface area contributed by atoms with Gasteiger partial charge in [-0.25, -0.2) is 0 Å². The standard InChI is InChI=1S/C10H12BrNO.ClH/c11-8-3-1-2-7(4-8)10-5-9(13)6-12-10;/h1-4,9-10,12-13H,5-6H2;1H. The monoisotopic (exact) mass is 277 g/mol. The summed E-state index contributed by atoms with van der Waals surface area (Å²) in [7, 11) is 0. The van der Waals surface area contributed by atoms with Crippen LogP contribution in [0.25, 0.3) is 0 Å². The van der Waals surface area contributed by atoms with Crippen molar-refractivity contribution in [3.8, 4) is 0 Å². The van der Waals surface area contributed by atoms with Crippen LogP contribution in [0.3, 0.4) is 0 Å². The predicted octanol–water partition coefficient (Wildman–Crippen LogP) is 2.27. The van der Waals surface area contributed by atoms with Gasteiger partial charge in [0.25, 0.3) is 0 Å². The maximum absolute atomic E-state index is 9.36. The van der Waals surface area contributed by atoms with Crippen LogP contribution in [-0.2, 0) is 0 Å². The lowest BCUT2D eigenvalue weighted by Gasteiger charge is -2.10. The highest BCUT2D eigenvalue weighted by Crippen LogP contribution is 2.25. The van der Waals surface area contributed by atoms with Crippen LogP contribution >= 0.6 is 28.3 Å². The first-order valence-corrected chi connectivity index (χ1v) is 5.22. The quantitative estimate of drug-likeness (QED) is 0.826. The molecule has 0 aromatic heterocycles. The maximum atomic E-state index is 9.36. The molecule has 2 nitrogen and oxygen atoms in total. The van der Waals surface area contributed by atoms with E-state index < -0.39 is 0 Å². The van der Waals surface area contributed by atoms with E-state index >= 15 is 0 Å². The van der Waals surface area contributed by atoms with Crippen LogP contribution in [0.15, 0.2) is 28.7 Å². The zero-order valence-corrected chi connectivity index (χ0v) is 10.0. The lowest BCUT2D eigenvalue weighted by atomic mass is 10.1. The zero-order valence-electron chi connectivity index (χ0n) is 7.61. The molecule has 2 atom stereocenters. The van der Waals surface area contributed by atoms with Crippen molar-refractivity contribution in [2.75, 3.05) is 6.54 Å². The minimum atomic E-state index is -0.191. The molecule has 78 valence electrons. The summed E-state index contributed by atoms with van der Waals surface area (Å²) in [5.74, 6) is 0. The van der Waals surface area contributed by atoms with Crippen molar-refractivity contribution in [1.82, 2.24) is 5.32 Å². The molecule has 1 aliphatic rings. The number of hydrogen-bond acceptors (Lipinski definition) is 2. The van der Waals surface area contributed by atoms with E-state index in [4.69, 9.17) is 0 Å². The molecule has 0 aliphatic carbocycles. The Morgan fingerprint density at radius 1 is 1.43 bits per heavy atom. The Kier molecular flexibility index (Phi) is 4.38. The Labute approximate surface area is 98.3 Å². The summed E-state index contributed by atoms with van der Waals surface area (Å²) in [6.07, 6.45) is 0.625. The summed E-state index contributed by atoms with van der Waals surface area (Å²) < 4.78 is 1.09. The van der Waals surface area contributed by atoms with Crippen molar-refractivity contribution in [1.29, 1.82) is 0 Å². The first-order chi connectivity index (χ1) is 6.25. The fourth-order valence-corrected chi connectivity index (χ4v) is 2.11. The van der Waals surface area contributed by atoms with Gasteiger partial charge in [0, 0.05) is 17.1 Å². The van der Waals surface area contributed by atoms with Gasteiger partial charge >= 0.3 is 0 Å². The number of nitrogens with one attached hydrogen (secondary N) is 1. The topological polar surface area (TPSA) is 32.3 Å².